The van der Waals surface area contributed by atoms with E-state index in [0.717, 1.165) is 18.5 Å². The van der Waals surface area contributed by atoms with E-state index >= 15 is 0 Å². The summed E-state index contributed by atoms with van der Waals surface area (Å²) in [6, 6.07) is 9.87. The van der Waals surface area contributed by atoms with Crippen molar-refractivity contribution in [3.05, 3.63) is 48.5 Å². The highest BCUT2D eigenvalue weighted by molar-refractivity contribution is 5.92. The normalized spacial score (nSPS) is 17.6. The number of likely N-dealkylation sites (tertiary alicyclic amines) is 1. The molecule has 1 fully saturated rings. The maximum Gasteiger partial charge on any atom is 0.274 e. The summed E-state index contributed by atoms with van der Waals surface area (Å²) in [6.07, 6.45) is 5.05. The van der Waals surface area contributed by atoms with Crippen molar-refractivity contribution >= 4 is 11.8 Å². The Morgan fingerprint density at radius 1 is 1.24 bits per heavy atom. The number of imidazole rings is 1. The number of hydrogen-bond donors (Lipinski definition) is 1. The fourth-order valence-electron chi connectivity index (χ4n) is 3.11. The van der Waals surface area contributed by atoms with Crippen molar-refractivity contribution < 1.29 is 9.59 Å². The Balaban J connectivity index is 1.68. The average Bonchev–Trinajstić information content (AvgIpc) is 3.11. The van der Waals surface area contributed by atoms with Crippen LogP contribution in [-0.2, 0) is 4.79 Å². The van der Waals surface area contributed by atoms with Crippen LogP contribution in [0.3, 0.4) is 0 Å². The second-order valence-electron chi connectivity index (χ2n) is 6.76. The Bertz CT molecular complexity index is 739. The minimum Gasteiger partial charge on any atom is -0.354 e. The Morgan fingerprint density at radius 2 is 2.00 bits per heavy atom. The third-order valence-corrected chi connectivity index (χ3v) is 4.37. The third-order valence-electron chi connectivity index (χ3n) is 4.37. The lowest BCUT2D eigenvalue weighted by Crippen LogP contribution is -2.46. The van der Waals surface area contributed by atoms with Crippen LogP contribution in [0.5, 0.6) is 0 Å². The summed E-state index contributed by atoms with van der Waals surface area (Å²) < 4.78 is 1.83. The molecule has 0 spiro atoms. The van der Waals surface area contributed by atoms with Crippen LogP contribution >= 0.6 is 0 Å². The molecular weight excluding hydrogens is 316 g/mol. The van der Waals surface area contributed by atoms with Gasteiger partial charge in [-0.05, 0) is 38.8 Å². The van der Waals surface area contributed by atoms with Gasteiger partial charge in [0, 0.05) is 31.0 Å². The maximum atomic E-state index is 12.8. The number of carbonyl (C=O) groups is 2. The van der Waals surface area contributed by atoms with Crippen LogP contribution in [0, 0.1) is 5.92 Å². The van der Waals surface area contributed by atoms with E-state index in [0.29, 0.717) is 18.8 Å². The highest BCUT2D eigenvalue weighted by Gasteiger charge is 2.29. The van der Waals surface area contributed by atoms with Crippen molar-refractivity contribution in [3.8, 4) is 5.69 Å². The van der Waals surface area contributed by atoms with Crippen LogP contribution in [0.2, 0.25) is 0 Å². The topological polar surface area (TPSA) is 67.2 Å². The quantitative estimate of drug-likeness (QED) is 0.928. The van der Waals surface area contributed by atoms with Gasteiger partial charge in [0.2, 0.25) is 5.91 Å². The standard InChI is InChI=1S/C19H24N4O2/c1-14(2)21-18(24)15-7-6-10-22(11-15)19(25)17-12-23(13-20-17)16-8-4-3-5-9-16/h3-5,8-9,12-15H,6-7,10-11H2,1-2H3,(H,21,24). The number of piperidine rings is 1. The molecule has 0 saturated carbocycles. The van der Waals surface area contributed by atoms with E-state index < -0.39 is 0 Å². The summed E-state index contributed by atoms with van der Waals surface area (Å²) in [5.41, 5.74) is 1.37. The summed E-state index contributed by atoms with van der Waals surface area (Å²) in [4.78, 5) is 31.0. The lowest BCUT2D eigenvalue weighted by atomic mass is 9.96. The van der Waals surface area contributed by atoms with Crippen LogP contribution in [0.15, 0.2) is 42.9 Å². The molecule has 0 aliphatic carbocycles. The van der Waals surface area contributed by atoms with E-state index in [1.165, 1.54) is 0 Å². The first-order chi connectivity index (χ1) is 12.0. The minimum atomic E-state index is -0.142. The zero-order valence-corrected chi connectivity index (χ0v) is 14.7. The minimum absolute atomic E-state index is 0.0299. The molecule has 3 rings (SSSR count). The van der Waals surface area contributed by atoms with E-state index in [9.17, 15) is 9.59 Å². The zero-order valence-electron chi connectivity index (χ0n) is 14.7. The fourth-order valence-corrected chi connectivity index (χ4v) is 3.11. The molecule has 1 aliphatic heterocycles. The van der Waals surface area contributed by atoms with E-state index in [2.05, 4.69) is 10.3 Å². The second-order valence-corrected chi connectivity index (χ2v) is 6.76. The number of rotatable bonds is 4. The van der Waals surface area contributed by atoms with Crippen LogP contribution in [0.1, 0.15) is 37.2 Å². The monoisotopic (exact) mass is 340 g/mol. The molecule has 2 amide bonds. The first kappa shape index (κ1) is 17.2. The van der Waals surface area contributed by atoms with E-state index in [-0.39, 0.29) is 23.8 Å². The number of nitrogens with zero attached hydrogens (tertiary/aromatic N) is 3. The Kier molecular flexibility index (Phi) is 5.16. The molecule has 1 aromatic carbocycles. The van der Waals surface area contributed by atoms with Crippen molar-refractivity contribution in [2.45, 2.75) is 32.7 Å². The first-order valence-electron chi connectivity index (χ1n) is 8.73. The van der Waals surface area contributed by atoms with Crippen molar-refractivity contribution in [2.75, 3.05) is 13.1 Å². The lowest BCUT2D eigenvalue weighted by Gasteiger charge is -2.32. The molecule has 2 heterocycles. The number of aromatic nitrogens is 2. The maximum absolute atomic E-state index is 12.8. The van der Waals surface area contributed by atoms with Gasteiger partial charge in [-0.1, -0.05) is 18.2 Å². The molecule has 0 bridgehead atoms. The third kappa shape index (κ3) is 4.07. The molecule has 1 atom stereocenters. The highest BCUT2D eigenvalue weighted by Crippen LogP contribution is 2.19. The zero-order chi connectivity index (χ0) is 17.8. The Hall–Kier alpha value is -2.63. The highest BCUT2D eigenvalue weighted by atomic mass is 16.2. The summed E-state index contributed by atoms with van der Waals surface area (Å²) in [5, 5.41) is 2.94. The molecule has 132 valence electrons. The fraction of sp³-hybridized carbons (Fsp3) is 0.421. The van der Waals surface area contributed by atoms with Crippen LogP contribution in [0.4, 0.5) is 0 Å². The summed E-state index contributed by atoms with van der Waals surface area (Å²) in [7, 11) is 0. The average molecular weight is 340 g/mol. The second kappa shape index (κ2) is 7.51. The Morgan fingerprint density at radius 3 is 2.72 bits per heavy atom. The van der Waals surface area contributed by atoms with E-state index in [1.807, 2.05) is 48.7 Å². The van der Waals surface area contributed by atoms with Crippen molar-refractivity contribution in [3.63, 3.8) is 0 Å². The van der Waals surface area contributed by atoms with Crippen molar-refractivity contribution in [1.82, 2.24) is 19.8 Å². The number of benzene rings is 1. The molecule has 0 radical (unpaired) electrons. The van der Waals surface area contributed by atoms with Crippen LogP contribution < -0.4 is 5.32 Å². The molecule has 6 nitrogen and oxygen atoms in total. The van der Waals surface area contributed by atoms with Crippen LogP contribution in [-0.4, -0.2) is 45.4 Å². The molecule has 1 saturated heterocycles. The van der Waals surface area contributed by atoms with Gasteiger partial charge in [-0.2, -0.15) is 0 Å². The predicted octanol–water partition coefficient (Wildman–Crippen LogP) is 2.25. The molecule has 1 unspecified atom stereocenters. The molecule has 1 aliphatic rings. The van der Waals surface area contributed by atoms with Gasteiger partial charge >= 0.3 is 0 Å². The molecule has 25 heavy (non-hydrogen) atoms. The van der Waals surface area contributed by atoms with Gasteiger partial charge in [0.1, 0.15) is 12.0 Å². The molecule has 6 heteroatoms. The summed E-state index contributed by atoms with van der Waals surface area (Å²) in [5.74, 6) is -0.227. The Labute approximate surface area is 147 Å². The van der Waals surface area contributed by atoms with Crippen molar-refractivity contribution in [2.24, 2.45) is 5.92 Å². The smallest absolute Gasteiger partial charge is 0.274 e. The summed E-state index contributed by atoms with van der Waals surface area (Å²) in [6.45, 7) is 5.01. The number of nitrogens with one attached hydrogen (secondary N) is 1. The molecule has 2 aromatic rings. The molecule has 1 N–H and O–H groups in total. The number of amides is 2. The van der Waals surface area contributed by atoms with Gasteiger partial charge in [0.15, 0.2) is 0 Å². The van der Waals surface area contributed by atoms with Gasteiger partial charge in [-0.3, -0.25) is 9.59 Å². The van der Waals surface area contributed by atoms with E-state index in [1.54, 1.807) is 17.4 Å². The van der Waals surface area contributed by atoms with Gasteiger partial charge in [0.25, 0.3) is 5.91 Å². The summed E-state index contributed by atoms with van der Waals surface area (Å²) >= 11 is 0. The van der Waals surface area contributed by atoms with Gasteiger partial charge in [-0.15, -0.1) is 0 Å². The van der Waals surface area contributed by atoms with E-state index in [4.69, 9.17) is 0 Å². The first-order valence-corrected chi connectivity index (χ1v) is 8.73. The number of para-hydroxylation sites is 1. The largest absolute Gasteiger partial charge is 0.354 e. The lowest BCUT2D eigenvalue weighted by molar-refractivity contribution is -0.126. The van der Waals surface area contributed by atoms with Crippen molar-refractivity contribution in [1.29, 1.82) is 0 Å². The van der Waals surface area contributed by atoms with Gasteiger partial charge in [0.05, 0.1) is 5.92 Å². The number of carbonyl (C=O) groups excluding carboxylic acids is 2. The van der Waals surface area contributed by atoms with Gasteiger partial charge in [-0.25, -0.2) is 4.98 Å². The molecule has 1 aromatic heterocycles. The van der Waals surface area contributed by atoms with Gasteiger partial charge < -0.3 is 14.8 Å². The number of hydrogen-bond acceptors (Lipinski definition) is 3. The van der Waals surface area contributed by atoms with Crippen LogP contribution in [0.25, 0.3) is 5.69 Å². The molecular formula is C19H24N4O2. The SMILES string of the molecule is CC(C)NC(=O)C1CCCN(C(=O)c2cn(-c3ccccc3)cn2)C1. The predicted molar refractivity (Wildman–Crippen MR) is 95.5 cm³/mol.